The number of amides is 1. The third-order valence-corrected chi connectivity index (χ3v) is 6.95. The smallest absolute Gasteiger partial charge is 0.256 e. The van der Waals surface area contributed by atoms with Crippen molar-refractivity contribution in [3.05, 3.63) is 105 Å². The molecule has 0 aromatic heterocycles. The van der Waals surface area contributed by atoms with Gasteiger partial charge < -0.3 is 10.1 Å². The Hall–Kier alpha value is -3.42. The monoisotopic (exact) mass is 463 g/mol. The summed E-state index contributed by atoms with van der Waals surface area (Å²) in [6.45, 7) is 2.10. The average Bonchev–Trinajstić information content (AvgIpc) is 3.27. The van der Waals surface area contributed by atoms with Gasteiger partial charge in [-0.2, -0.15) is 0 Å². The molecular formula is C25H22ClN3O4. The predicted molar refractivity (Wildman–Crippen MR) is 125 cm³/mol. The van der Waals surface area contributed by atoms with E-state index in [4.69, 9.17) is 16.3 Å². The van der Waals surface area contributed by atoms with Crippen LogP contribution >= 0.6 is 11.6 Å². The first-order valence-corrected chi connectivity index (χ1v) is 11.1. The summed E-state index contributed by atoms with van der Waals surface area (Å²) < 4.78 is 6.10. The van der Waals surface area contributed by atoms with Crippen molar-refractivity contribution in [2.45, 2.75) is 37.1 Å². The van der Waals surface area contributed by atoms with Crippen molar-refractivity contribution >= 4 is 23.2 Å². The van der Waals surface area contributed by atoms with E-state index in [-0.39, 0.29) is 17.6 Å². The van der Waals surface area contributed by atoms with E-state index >= 15 is 0 Å². The molecule has 7 nitrogen and oxygen atoms in total. The molecule has 0 bridgehead atoms. The van der Waals surface area contributed by atoms with Crippen molar-refractivity contribution in [2.75, 3.05) is 5.32 Å². The lowest BCUT2D eigenvalue weighted by Crippen LogP contribution is -2.54. The van der Waals surface area contributed by atoms with Crippen LogP contribution in [-0.2, 0) is 16.9 Å². The molecule has 2 aliphatic rings. The number of carbonyl (C=O) groups is 1. The van der Waals surface area contributed by atoms with Crippen LogP contribution in [0.5, 0.6) is 5.75 Å². The predicted octanol–water partition coefficient (Wildman–Crippen LogP) is 4.49. The highest BCUT2D eigenvalue weighted by molar-refractivity contribution is 6.31. The van der Waals surface area contributed by atoms with Crippen LogP contribution in [0.2, 0.25) is 5.02 Å². The zero-order valence-electron chi connectivity index (χ0n) is 17.8. The molecule has 5 rings (SSSR count). The number of rotatable bonds is 5. The molecule has 2 heterocycles. The number of ether oxygens (including phenoxy) is 1. The van der Waals surface area contributed by atoms with Crippen LogP contribution in [0.15, 0.2) is 72.8 Å². The summed E-state index contributed by atoms with van der Waals surface area (Å²) in [4.78, 5) is 25.4. The van der Waals surface area contributed by atoms with Gasteiger partial charge in [0.1, 0.15) is 12.4 Å². The number of benzene rings is 3. The fourth-order valence-corrected chi connectivity index (χ4v) is 5.37. The standard InChI is InChI=1S/C25H22ClN3O4/c1-15-22(17-9-3-7-13-21(17)33-14-16-8-2-5-11-19(16)26)23(29(31)32)25(28-15)18-10-4-6-12-20(18)27-24(25)30/h2-13,15,22-23,28H,14H2,1H3,(H,27,30)/t15-,22-,23-,25-/m0/s1. The van der Waals surface area contributed by atoms with E-state index in [0.717, 1.165) is 5.56 Å². The number of para-hydroxylation sites is 2. The second-order valence-electron chi connectivity index (χ2n) is 8.41. The first kappa shape index (κ1) is 21.4. The van der Waals surface area contributed by atoms with Crippen molar-refractivity contribution in [2.24, 2.45) is 0 Å². The lowest BCUT2D eigenvalue weighted by Gasteiger charge is -2.26. The molecule has 3 aromatic carbocycles. The van der Waals surface area contributed by atoms with Crippen LogP contribution in [0.25, 0.3) is 0 Å². The Morgan fingerprint density at radius 3 is 2.55 bits per heavy atom. The fraction of sp³-hybridized carbons (Fsp3) is 0.240. The molecule has 1 fully saturated rings. The Morgan fingerprint density at radius 1 is 1.06 bits per heavy atom. The minimum Gasteiger partial charge on any atom is -0.489 e. The van der Waals surface area contributed by atoms with E-state index in [2.05, 4.69) is 10.6 Å². The zero-order valence-corrected chi connectivity index (χ0v) is 18.6. The Bertz CT molecular complexity index is 1250. The molecule has 0 unspecified atom stereocenters. The van der Waals surface area contributed by atoms with E-state index < -0.39 is 23.4 Å². The van der Waals surface area contributed by atoms with Crippen molar-refractivity contribution in [3.8, 4) is 5.75 Å². The first-order chi connectivity index (χ1) is 15.9. The van der Waals surface area contributed by atoms with Gasteiger partial charge in [-0.25, -0.2) is 0 Å². The van der Waals surface area contributed by atoms with Crippen molar-refractivity contribution in [1.29, 1.82) is 0 Å². The molecule has 4 atom stereocenters. The first-order valence-electron chi connectivity index (χ1n) is 10.7. The second kappa shape index (κ2) is 8.17. The normalized spacial score (nSPS) is 25.6. The largest absolute Gasteiger partial charge is 0.489 e. The van der Waals surface area contributed by atoms with Gasteiger partial charge in [0.25, 0.3) is 11.9 Å². The van der Waals surface area contributed by atoms with Gasteiger partial charge in [-0.15, -0.1) is 0 Å². The molecule has 2 aliphatic heterocycles. The third kappa shape index (κ3) is 3.35. The van der Waals surface area contributed by atoms with Crippen LogP contribution in [0, 0.1) is 10.1 Å². The van der Waals surface area contributed by atoms with E-state index in [1.165, 1.54) is 0 Å². The minimum absolute atomic E-state index is 0.225. The van der Waals surface area contributed by atoms with Crippen LogP contribution < -0.4 is 15.4 Å². The number of fused-ring (bicyclic) bond motifs is 2. The number of halogens is 1. The Balaban J connectivity index is 1.56. The van der Waals surface area contributed by atoms with Crippen LogP contribution in [0.1, 0.15) is 29.5 Å². The number of hydrogen-bond donors (Lipinski definition) is 2. The molecule has 1 saturated heterocycles. The van der Waals surface area contributed by atoms with Crippen molar-refractivity contribution in [1.82, 2.24) is 5.32 Å². The molecular weight excluding hydrogens is 442 g/mol. The number of nitro groups is 1. The summed E-state index contributed by atoms with van der Waals surface area (Å²) in [6, 6.07) is 20.2. The molecule has 1 spiro atoms. The third-order valence-electron chi connectivity index (χ3n) is 6.58. The average molecular weight is 464 g/mol. The number of nitrogens with one attached hydrogen (secondary N) is 2. The molecule has 2 N–H and O–H groups in total. The number of carbonyl (C=O) groups excluding carboxylic acids is 1. The van der Waals surface area contributed by atoms with Crippen LogP contribution in [-0.4, -0.2) is 22.9 Å². The van der Waals surface area contributed by atoms with Gasteiger partial charge in [-0.1, -0.05) is 66.2 Å². The minimum atomic E-state index is -1.46. The maximum absolute atomic E-state index is 13.2. The van der Waals surface area contributed by atoms with E-state index in [1.807, 2.05) is 43.3 Å². The lowest BCUT2D eigenvalue weighted by atomic mass is 9.78. The summed E-state index contributed by atoms with van der Waals surface area (Å²) in [6.07, 6.45) is 0. The van der Waals surface area contributed by atoms with Gasteiger partial charge in [0, 0.05) is 38.4 Å². The lowest BCUT2D eigenvalue weighted by molar-refractivity contribution is -0.532. The number of nitrogens with zero attached hydrogens (tertiary/aromatic N) is 1. The van der Waals surface area contributed by atoms with Crippen molar-refractivity contribution in [3.63, 3.8) is 0 Å². The van der Waals surface area contributed by atoms with Crippen LogP contribution in [0.4, 0.5) is 5.69 Å². The highest BCUT2D eigenvalue weighted by Gasteiger charge is 2.67. The molecule has 1 amide bonds. The molecule has 33 heavy (non-hydrogen) atoms. The second-order valence-corrected chi connectivity index (χ2v) is 8.82. The summed E-state index contributed by atoms with van der Waals surface area (Å²) in [5.74, 6) is -0.472. The highest BCUT2D eigenvalue weighted by atomic mass is 35.5. The van der Waals surface area contributed by atoms with Gasteiger partial charge in [-0.05, 0) is 25.1 Å². The molecule has 0 saturated carbocycles. The molecule has 0 radical (unpaired) electrons. The Kier molecular flexibility index (Phi) is 5.31. The summed E-state index contributed by atoms with van der Waals surface area (Å²) in [7, 11) is 0. The molecule has 3 aromatic rings. The van der Waals surface area contributed by atoms with Gasteiger partial charge >= 0.3 is 0 Å². The van der Waals surface area contributed by atoms with E-state index in [1.54, 1.807) is 36.4 Å². The Labute approximate surface area is 195 Å². The van der Waals surface area contributed by atoms with Gasteiger partial charge in [-0.3, -0.25) is 20.2 Å². The topological polar surface area (TPSA) is 93.5 Å². The molecule has 168 valence electrons. The fourth-order valence-electron chi connectivity index (χ4n) is 5.18. The van der Waals surface area contributed by atoms with Gasteiger partial charge in [0.15, 0.2) is 5.54 Å². The quantitative estimate of drug-likeness (QED) is 0.429. The SMILES string of the molecule is C[C@@H]1N[C@]2(C(=O)Nc3ccccc32)[C@@H]([N+](=O)[O-])[C@@H]1c1ccccc1OCc1ccccc1Cl. The summed E-state index contributed by atoms with van der Waals surface area (Å²) in [5, 5.41) is 19.2. The van der Waals surface area contributed by atoms with Gasteiger partial charge in [0.05, 0.1) is 5.92 Å². The van der Waals surface area contributed by atoms with Crippen LogP contribution in [0.3, 0.4) is 0 Å². The highest BCUT2D eigenvalue weighted by Crippen LogP contribution is 2.50. The number of anilines is 1. The van der Waals surface area contributed by atoms with E-state index in [0.29, 0.717) is 27.6 Å². The molecule has 8 heteroatoms. The van der Waals surface area contributed by atoms with Gasteiger partial charge in [0.2, 0.25) is 0 Å². The molecule has 0 aliphatic carbocycles. The van der Waals surface area contributed by atoms with Crippen molar-refractivity contribution < 1.29 is 14.5 Å². The maximum atomic E-state index is 13.2. The summed E-state index contributed by atoms with van der Waals surface area (Å²) in [5.41, 5.74) is 1.23. The number of hydrogen-bond acceptors (Lipinski definition) is 5. The van der Waals surface area contributed by atoms with E-state index in [9.17, 15) is 14.9 Å². The zero-order chi connectivity index (χ0) is 23.2. The Morgan fingerprint density at radius 2 is 1.76 bits per heavy atom. The summed E-state index contributed by atoms with van der Waals surface area (Å²) >= 11 is 6.27. The maximum Gasteiger partial charge on any atom is 0.256 e.